The van der Waals surface area contributed by atoms with Gasteiger partial charge in [0.15, 0.2) is 11.4 Å². The Morgan fingerprint density at radius 2 is 1.84 bits per heavy atom. The van der Waals surface area contributed by atoms with Gasteiger partial charge < -0.3 is 14.2 Å². The van der Waals surface area contributed by atoms with Gasteiger partial charge in [-0.1, -0.05) is 12.1 Å². The van der Waals surface area contributed by atoms with Gasteiger partial charge in [-0.2, -0.15) is 10.1 Å². The van der Waals surface area contributed by atoms with Gasteiger partial charge in [0.05, 0.1) is 5.69 Å². The number of benzene rings is 1. The normalized spacial score (nSPS) is 15.4. The van der Waals surface area contributed by atoms with Gasteiger partial charge in [0, 0.05) is 38.6 Å². The summed E-state index contributed by atoms with van der Waals surface area (Å²) in [4.78, 5) is 13.7. The number of aryl methyl sites for hydroxylation is 1. The number of aromatic nitrogens is 4. The molecule has 25 heavy (non-hydrogen) atoms. The lowest BCUT2D eigenvalue weighted by atomic mass is 10.3. The van der Waals surface area contributed by atoms with Gasteiger partial charge in [0.1, 0.15) is 11.0 Å². The highest BCUT2D eigenvalue weighted by molar-refractivity contribution is 5.74. The Balaban J connectivity index is 1.38. The molecule has 1 aromatic carbocycles. The maximum Gasteiger partial charge on any atom is 0.298 e. The van der Waals surface area contributed by atoms with Crippen LogP contribution in [0.2, 0.25) is 0 Å². The molecule has 0 bridgehead atoms. The van der Waals surface area contributed by atoms with Gasteiger partial charge in [0.25, 0.3) is 6.01 Å². The van der Waals surface area contributed by atoms with Gasteiger partial charge in [-0.15, -0.1) is 0 Å². The number of para-hydroxylation sites is 2. The Labute approximate surface area is 144 Å². The van der Waals surface area contributed by atoms with Crippen LogP contribution in [0.25, 0.3) is 16.6 Å². The molecule has 0 unspecified atom stereocenters. The minimum Gasteiger partial charge on any atom is -0.423 e. The van der Waals surface area contributed by atoms with Crippen LogP contribution in [-0.2, 0) is 0 Å². The SMILES string of the molecule is Cc1cc2c(N3CCN(c4nc5ccccc5o4)CC3)nccn2n1. The first-order chi connectivity index (χ1) is 12.3. The summed E-state index contributed by atoms with van der Waals surface area (Å²) in [6.45, 7) is 5.44. The number of hydrogen-bond donors (Lipinski definition) is 0. The quantitative estimate of drug-likeness (QED) is 0.561. The van der Waals surface area contributed by atoms with E-state index < -0.39 is 0 Å². The zero-order valence-electron chi connectivity index (χ0n) is 14.0. The second kappa shape index (κ2) is 5.47. The van der Waals surface area contributed by atoms with Crippen LogP contribution in [0.15, 0.2) is 47.1 Å². The van der Waals surface area contributed by atoms with E-state index in [1.807, 2.05) is 48.1 Å². The van der Waals surface area contributed by atoms with Crippen molar-refractivity contribution >= 4 is 28.4 Å². The highest BCUT2D eigenvalue weighted by atomic mass is 16.4. The summed E-state index contributed by atoms with van der Waals surface area (Å²) in [5.41, 5.74) is 3.79. The van der Waals surface area contributed by atoms with Crippen molar-refractivity contribution in [1.29, 1.82) is 0 Å². The van der Waals surface area contributed by atoms with E-state index in [2.05, 4.69) is 30.9 Å². The molecule has 1 aliphatic rings. The predicted molar refractivity (Wildman–Crippen MR) is 96.2 cm³/mol. The zero-order valence-corrected chi connectivity index (χ0v) is 14.0. The molecule has 0 aliphatic carbocycles. The first kappa shape index (κ1) is 14.3. The summed E-state index contributed by atoms with van der Waals surface area (Å²) in [5.74, 6) is 0.986. The first-order valence-corrected chi connectivity index (χ1v) is 8.44. The molecule has 0 amide bonds. The van der Waals surface area contributed by atoms with Crippen molar-refractivity contribution in [2.24, 2.45) is 0 Å². The summed E-state index contributed by atoms with van der Waals surface area (Å²) in [5, 5.41) is 4.47. The van der Waals surface area contributed by atoms with Crippen molar-refractivity contribution in [3.8, 4) is 0 Å². The van der Waals surface area contributed by atoms with E-state index >= 15 is 0 Å². The number of rotatable bonds is 2. The fourth-order valence-electron chi connectivity index (χ4n) is 3.38. The smallest absolute Gasteiger partial charge is 0.298 e. The lowest BCUT2D eigenvalue weighted by Crippen LogP contribution is -2.47. The van der Waals surface area contributed by atoms with Gasteiger partial charge in [0.2, 0.25) is 0 Å². The largest absolute Gasteiger partial charge is 0.423 e. The molecule has 1 aliphatic heterocycles. The molecular formula is C18H18N6O. The lowest BCUT2D eigenvalue weighted by Gasteiger charge is -2.34. The number of nitrogens with zero attached hydrogens (tertiary/aromatic N) is 6. The maximum atomic E-state index is 5.89. The standard InChI is InChI=1S/C18H18N6O/c1-13-12-15-17(19-6-7-24(15)21-13)22-8-10-23(11-9-22)18-20-14-4-2-3-5-16(14)25-18/h2-7,12H,8-11H2,1H3. The molecule has 7 heteroatoms. The minimum atomic E-state index is 0.701. The molecule has 0 atom stereocenters. The third kappa shape index (κ3) is 2.39. The lowest BCUT2D eigenvalue weighted by molar-refractivity contribution is 0.540. The van der Waals surface area contributed by atoms with Crippen LogP contribution in [-0.4, -0.2) is 45.8 Å². The molecule has 4 aromatic rings. The van der Waals surface area contributed by atoms with Crippen LogP contribution < -0.4 is 9.80 Å². The molecule has 4 heterocycles. The van der Waals surface area contributed by atoms with Crippen molar-refractivity contribution in [3.63, 3.8) is 0 Å². The predicted octanol–water partition coefficient (Wildman–Crippen LogP) is 2.51. The molecule has 126 valence electrons. The maximum absolute atomic E-state index is 5.89. The Bertz CT molecular complexity index is 1010. The highest BCUT2D eigenvalue weighted by Crippen LogP contribution is 2.25. The van der Waals surface area contributed by atoms with Crippen molar-refractivity contribution in [2.75, 3.05) is 36.0 Å². The van der Waals surface area contributed by atoms with Gasteiger partial charge in [-0.25, -0.2) is 9.50 Å². The van der Waals surface area contributed by atoms with Crippen LogP contribution in [0.5, 0.6) is 0 Å². The molecule has 0 N–H and O–H groups in total. The van der Waals surface area contributed by atoms with Crippen LogP contribution in [0, 0.1) is 6.92 Å². The topological polar surface area (TPSA) is 62.7 Å². The van der Waals surface area contributed by atoms with Crippen molar-refractivity contribution in [2.45, 2.75) is 6.92 Å². The van der Waals surface area contributed by atoms with E-state index in [9.17, 15) is 0 Å². The first-order valence-electron chi connectivity index (χ1n) is 8.44. The van der Waals surface area contributed by atoms with Crippen molar-refractivity contribution in [3.05, 3.63) is 48.4 Å². The Kier molecular flexibility index (Phi) is 3.12. The van der Waals surface area contributed by atoms with Crippen LogP contribution in [0.1, 0.15) is 5.69 Å². The molecule has 0 saturated carbocycles. The Morgan fingerprint density at radius 3 is 2.68 bits per heavy atom. The van der Waals surface area contributed by atoms with E-state index in [1.165, 1.54) is 0 Å². The molecule has 7 nitrogen and oxygen atoms in total. The van der Waals surface area contributed by atoms with Crippen molar-refractivity contribution < 1.29 is 4.42 Å². The summed E-state index contributed by atoms with van der Waals surface area (Å²) in [6, 6.07) is 10.7. The molecular weight excluding hydrogens is 316 g/mol. The average molecular weight is 334 g/mol. The van der Waals surface area contributed by atoms with E-state index in [1.54, 1.807) is 0 Å². The Hall–Kier alpha value is -3.09. The van der Waals surface area contributed by atoms with Gasteiger partial charge >= 0.3 is 0 Å². The van der Waals surface area contributed by atoms with Gasteiger partial charge in [-0.05, 0) is 25.1 Å². The molecule has 5 rings (SSSR count). The molecule has 3 aromatic heterocycles. The zero-order chi connectivity index (χ0) is 16.8. The third-order valence-electron chi connectivity index (χ3n) is 4.62. The van der Waals surface area contributed by atoms with E-state index in [0.717, 1.165) is 54.3 Å². The molecule has 1 saturated heterocycles. The van der Waals surface area contributed by atoms with Crippen LogP contribution in [0.3, 0.4) is 0 Å². The Morgan fingerprint density at radius 1 is 1.04 bits per heavy atom. The molecule has 0 radical (unpaired) electrons. The van der Waals surface area contributed by atoms with E-state index in [0.29, 0.717) is 6.01 Å². The second-order valence-corrected chi connectivity index (χ2v) is 6.30. The summed E-state index contributed by atoms with van der Waals surface area (Å²) in [7, 11) is 0. The van der Waals surface area contributed by atoms with Crippen molar-refractivity contribution in [1.82, 2.24) is 19.6 Å². The van der Waals surface area contributed by atoms with E-state index in [4.69, 9.17) is 4.42 Å². The third-order valence-corrected chi connectivity index (χ3v) is 4.62. The number of anilines is 2. The highest BCUT2D eigenvalue weighted by Gasteiger charge is 2.23. The number of piperazine rings is 1. The average Bonchev–Trinajstić information content (AvgIpc) is 3.24. The van der Waals surface area contributed by atoms with Crippen LogP contribution >= 0.6 is 0 Å². The summed E-state index contributed by atoms with van der Waals surface area (Å²) >= 11 is 0. The minimum absolute atomic E-state index is 0.701. The summed E-state index contributed by atoms with van der Waals surface area (Å²) in [6.07, 6.45) is 3.70. The molecule has 0 spiro atoms. The number of fused-ring (bicyclic) bond motifs is 2. The molecule has 1 fully saturated rings. The fraction of sp³-hybridized carbons (Fsp3) is 0.278. The second-order valence-electron chi connectivity index (χ2n) is 6.30. The van der Waals surface area contributed by atoms with E-state index in [-0.39, 0.29) is 0 Å². The summed E-state index contributed by atoms with van der Waals surface area (Å²) < 4.78 is 7.78. The number of hydrogen-bond acceptors (Lipinski definition) is 6. The van der Waals surface area contributed by atoms with Crippen LogP contribution in [0.4, 0.5) is 11.8 Å². The number of oxazole rings is 1. The van der Waals surface area contributed by atoms with Gasteiger partial charge in [-0.3, -0.25) is 0 Å². The monoisotopic (exact) mass is 334 g/mol. The fourth-order valence-corrected chi connectivity index (χ4v) is 3.38.